The third kappa shape index (κ3) is 6.28. The Labute approximate surface area is 179 Å². The van der Waals surface area contributed by atoms with Gasteiger partial charge in [0, 0.05) is 19.7 Å². The average Bonchev–Trinajstić information content (AvgIpc) is 2.78. The maximum Gasteiger partial charge on any atom is 0.234 e. The molecule has 0 spiro atoms. The van der Waals surface area contributed by atoms with E-state index >= 15 is 0 Å². The second kappa shape index (κ2) is 11.3. The van der Waals surface area contributed by atoms with Crippen molar-refractivity contribution < 1.29 is 9.90 Å². The zero-order chi connectivity index (χ0) is 21.2. The van der Waals surface area contributed by atoms with Gasteiger partial charge in [0.1, 0.15) is 0 Å². The Bertz CT molecular complexity index is 856. The molecule has 0 aliphatic rings. The summed E-state index contributed by atoms with van der Waals surface area (Å²) < 4.78 is 0. The summed E-state index contributed by atoms with van der Waals surface area (Å²) in [6.45, 7) is 3.55. The van der Waals surface area contributed by atoms with Gasteiger partial charge < -0.3 is 10.4 Å². The Hall–Kier alpha value is -2.95. The summed E-state index contributed by atoms with van der Waals surface area (Å²) in [7, 11) is 0. The maximum atomic E-state index is 12.8. The quantitative estimate of drug-likeness (QED) is 0.537. The molecule has 0 saturated heterocycles. The van der Waals surface area contributed by atoms with Gasteiger partial charge >= 0.3 is 0 Å². The van der Waals surface area contributed by atoms with E-state index in [0.717, 1.165) is 16.7 Å². The lowest BCUT2D eigenvalue weighted by atomic mass is 9.96. The van der Waals surface area contributed by atoms with Gasteiger partial charge in [-0.1, -0.05) is 90.5 Å². The Balaban J connectivity index is 1.77. The molecule has 30 heavy (non-hydrogen) atoms. The molecule has 0 fully saturated rings. The highest BCUT2D eigenvalue weighted by Gasteiger charge is 2.24. The molecular weight excluding hydrogens is 372 g/mol. The van der Waals surface area contributed by atoms with E-state index < -0.39 is 0 Å². The molecule has 0 aliphatic carbocycles. The second-order valence-corrected chi connectivity index (χ2v) is 7.53. The first-order valence-corrected chi connectivity index (χ1v) is 10.4. The summed E-state index contributed by atoms with van der Waals surface area (Å²) in [6.07, 6.45) is 0.613. The first-order valence-electron chi connectivity index (χ1n) is 10.4. The van der Waals surface area contributed by atoms with E-state index in [2.05, 4.69) is 53.5 Å². The van der Waals surface area contributed by atoms with E-state index in [4.69, 9.17) is 0 Å². The van der Waals surface area contributed by atoms with Crippen LogP contribution in [0, 0.1) is 6.92 Å². The molecule has 3 aromatic rings. The number of rotatable bonds is 10. The van der Waals surface area contributed by atoms with Crippen LogP contribution >= 0.6 is 0 Å². The molecule has 4 nitrogen and oxygen atoms in total. The molecule has 0 unspecified atom stereocenters. The van der Waals surface area contributed by atoms with Gasteiger partial charge in [-0.05, 0) is 30.0 Å². The van der Waals surface area contributed by atoms with Crippen LogP contribution in [0.1, 0.15) is 34.7 Å². The summed E-state index contributed by atoms with van der Waals surface area (Å²) in [6, 6.07) is 28.6. The zero-order valence-corrected chi connectivity index (χ0v) is 17.5. The van der Waals surface area contributed by atoms with E-state index in [1.807, 2.05) is 48.5 Å². The predicted molar refractivity (Wildman–Crippen MR) is 121 cm³/mol. The molecule has 1 amide bonds. The zero-order valence-electron chi connectivity index (χ0n) is 17.5. The molecule has 0 saturated carbocycles. The third-order valence-electron chi connectivity index (χ3n) is 5.16. The van der Waals surface area contributed by atoms with Crippen molar-refractivity contribution in [3.63, 3.8) is 0 Å². The molecule has 0 bridgehead atoms. The van der Waals surface area contributed by atoms with Crippen molar-refractivity contribution in [2.75, 3.05) is 19.7 Å². The number of nitrogens with zero attached hydrogens (tertiary/aromatic N) is 1. The Morgan fingerprint density at radius 2 is 1.47 bits per heavy atom. The molecular formula is C26H30N2O2. The van der Waals surface area contributed by atoms with Gasteiger partial charge in [-0.15, -0.1) is 0 Å². The van der Waals surface area contributed by atoms with E-state index in [-0.39, 0.29) is 25.1 Å². The summed E-state index contributed by atoms with van der Waals surface area (Å²) in [5.41, 5.74) is 4.55. The molecule has 3 rings (SSSR count). The predicted octanol–water partition coefficient (Wildman–Crippen LogP) is 4.09. The molecule has 0 heterocycles. The minimum atomic E-state index is -0.0518. The number of carbonyl (C=O) groups excluding carboxylic acids is 1. The molecule has 0 radical (unpaired) electrons. The fraction of sp³-hybridized carbons (Fsp3) is 0.269. The SMILES string of the molecule is Cc1ccc(CNC(=O)CN(CCCO)C(c2ccccc2)c2ccccc2)cc1. The molecule has 3 aromatic carbocycles. The molecule has 0 atom stereocenters. The minimum absolute atomic E-state index is 0.0228. The molecule has 2 N–H and O–H groups in total. The summed E-state index contributed by atoms with van der Waals surface area (Å²) in [4.78, 5) is 15.0. The number of amides is 1. The summed E-state index contributed by atoms with van der Waals surface area (Å²) >= 11 is 0. The Morgan fingerprint density at radius 3 is 2.00 bits per heavy atom. The number of aliphatic hydroxyl groups excluding tert-OH is 1. The fourth-order valence-corrected chi connectivity index (χ4v) is 3.60. The van der Waals surface area contributed by atoms with Crippen LogP contribution in [0.3, 0.4) is 0 Å². The average molecular weight is 403 g/mol. The van der Waals surface area contributed by atoms with Crippen LogP contribution in [0.4, 0.5) is 0 Å². The smallest absolute Gasteiger partial charge is 0.234 e. The Morgan fingerprint density at radius 1 is 0.900 bits per heavy atom. The highest BCUT2D eigenvalue weighted by molar-refractivity contribution is 5.78. The van der Waals surface area contributed by atoms with Crippen LogP contribution in [0.2, 0.25) is 0 Å². The van der Waals surface area contributed by atoms with Crippen molar-refractivity contribution in [3.05, 3.63) is 107 Å². The molecule has 0 aromatic heterocycles. The number of benzene rings is 3. The van der Waals surface area contributed by atoms with Crippen molar-refractivity contribution >= 4 is 5.91 Å². The van der Waals surface area contributed by atoms with Crippen molar-refractivity contribution in [1.82, 2.24) is 10.2 Å². The van der Waals surface area contributed by atoms with Crippen LogP contribution in [-0.2, 0) is 11.3 Å². The number of hydrogen-bond acceptors (Lipinski definition) is 3. The number of aliphatic hydroxyl groups is 1. The van der Waals surface area contributed by atoms with E-state index in [0.29, 0.717) is 19.5 Å². The van der Waals surface area contributed by atoms with Gasteiger partial charge in [-0.2, -0.15) is 0 Å². The summed E-state index contributed by atoms with van der Waals surface area (Å²) in [5, 5.41) is 12.5. The highest BCUT2D eigenvalue weighted by Crippen LogP contribution is 2.28. The van der Waals surface area contributed by atoms with Gasteiger partial charge in [0.25, 0.3) is 0 Å². The fourth-order valence-electron chi connectivity index (χ4n) is 3.60. The van der Waals surface area contributed by atoms with E-state index in [1.165, 1.54) is 5.56 Å². The number of nitrogens with one attached hydrogen (secondary N) is 1. The molecule has 4 heteroatoms. The van der Waals surface area contributed by atoms with Crippen molar-refractivity contribution in [2.24, 2.45) is 0 Å². The lowest BCUT2D eigenvalue weighted by Crippen LogP contribution is -2.40. The van der Waals surface area contributed by atoms with Crippen LogP contribution in [-0.4, -0.2) is 35.6 Å². The van der Waals surface area contributed by atoms with Crippen LogP contribution in [0.25, 0.3) is 0 Å². The molecule has 156 valence electrons. The first-order chi connectivity index (χ1) is 14.7. The molecule has 0 aliphatic heterocycles. The maximum absolute atomic E-state index is 12.8. The van der Waals surface area contributed by atoms with Gasteiger partial charge in [0.2, 0.25) is 5.91 Å². The van der Waals surface area contributed by atoms with Crippen molar-refractivity contribution in [2.45, 2.75) is 25.9 Å². The lowest BCUT2D eigenvalue weighted by Gasteiger charge is -2.32. The second-order valence-electron chi connectivity index (χ2n) is 7.53. The minimum Gasteiger partial charge on any atom is -0.396 e. The highest BCUT2D eigenvalue weighted by atomic mass is 16.3. The van der Waals surface area contributed by atoms with Gasteiger partial charge in [0.05, 0.1) is 12.6 Å². The lowest BCUT2D eigenvalue weighted by molar-refractivity contribution is -0.122. The summed E-state index contributed by atoms with van der Waals surface area (Å²) in [5.74, 6) is -0.0228. The van der Waals surface area contributed by atoms with E-state index in [1.54, 1.807) is 0 Å². The van der Waals surface area contributed by atoms with Crippen molar-refractivity contribution in [3.8, 4) is 0 Å². The number of carbonyl (C=O) groups is 1. The largest absolute Gasteiger partial charge is 0.396 e. The topological polar surface area (TPSA) is 52.6 Å². The van der Waals surface area contributed by atoms with Gasteiger partial charge in [0.15, 0.2) is 0 Å². The van der Waals surface area contributed by atoms with Gasteiger partial charge in [-0.3, -0.25) is 9.69 Å². The van der Waals surface area contributed by atoms with Crippen LogP contribution in [0.15, 0.2) is 84.9 Å². The number of aryl methyl sites for hydroxylation is 1. The van der Waals surface area contributed by atoms with Crippen LogP contribution in [0.5, 0.6) is 0 Å². The van der Waals surface area contributed by atoms with Crippen LogP contribution < -0.4 is 5.32 Å². The first kappa shape index (κ1) is 21.8. The number of hydrogen-bond donors (Lipinski definition) is 2. The van der Waals surface area contributed by atoms with E-state index in [9.17, 15) is 9.90 Å². The normalized spacial score (nSPS) is 11.1. The monoisotopic (exact) mass is 402 g/mol. The van der Waals surface area contributed by atoms with Gasteiger partial charge in [-0.25, -0.2) is 0 Å². The Kier molecular flexibility index (Phi) is 8.19. The third-order valence-corrected chi connectivity index (χ3v) is 5.16. The van der Waals surface area contributed by atoms with Crippen molar-refractivity contribution in [1.29, 1.82) is 0 Å². The standard InChI is InChI=1S/C26H30N2O2/c1-21-13-15-22(16-14-21)19-27-25(30)20-28(17-8-18-29)26(23-9-4-2-5-10-23)24-11-6-3-7-12-24/h2-7,9-16,26,29H,8,17-20H2,1H3,(H,27,30).